The lowest BCUT2D eigenvalue weighted by atomic mass is 10.2. The fraction of sp³-hybridized carbons (Fsp3) is 0.455. The second-order valence-electron chi connectivity index (χ2n) is 3.73. The number of hydrogen-bond donors (Lipinski definition) is 1. The van der Waals surface area contributed by atoms with Gasteiger partial charge in [0.15, 0.2) is 0 Å². The second-order valence-corrected chi connectivity index (χ2v) is 3.73. The minimum absolute atomic E-state index is 0.686. The molecule has 5 nitrogen and oxygen atoms in total. The number of nitrogens with zero attached hydrogens (tertiary/aromatic N) is 4. The lowest BCUT2D eigenvalue weighted by molar-refractivity contribution is 0.289. The molecular formula is C11H17N5. The summed E-state index contributed by atoms with van der Waals surface area (Å²) < 4.78 is 1.85. The molecule has 0 saturated carbocycles. The zero-order valence-electron chi connectivity index (χ0n) is 9.50. The fourth-order valence-electron chi connectivity index (χ4n) is 1.78. The number of likely N-dealkylation sites (N-methyl/N-ethyl adjacent to an activating group) is 1. The summed E-state index contributed by atoms with van der Waals surface area (Å²) in [4.78, 5) is 6.42. The molecule has 0 aromatic carbocycles. The van der Waals surface area contributed by atoms with E-state index in [1.54, 1.807) is 6.20 Å². The highest BCUT2D eigenvalue weighted by Gasteiger charge is 2.07. The maximum Gasteiger partial charge on any atom is 0.0889 e. The summed E-state index contributed by atoms with van der Waals surface area (Å²) in [6, 6.07) is 0. The first-order chi connectivity index (χ1) is 7.85. The highest BCUT2D eigenvalue weighted by atomic mass is 15.2. The van der Waals surface area contributed by atoms with Crippen LogP contribution in [-0.2, 0) is 6.54 Å². The molecule has 0 bridgehead atoms. The number of aromatic nitrogens is 3. The Morgan fingerprint density at radius 2 is 2.31 bits per heavy atom. The average Bonchev–Trinajstić information content (AvgIpc) is 2.72. The van der Waals surface area contributed by atoms with E-state index < -0.39 is 0 Å². The van der Waals surface area contributed by atoms with Crippen LogP contribution in [0.1, 0.15) is 12.5 Å². The van der Waals surface area contributed by atoms with Gasteiger partial charge >= 0.3 is 0 Å². The van der Waals surface area contributed by atoms with Gasteiger partial charge in [-0.3, -0.25) is 9.88 Å². The molecule has 0 radical (unpaired) electrons. The minimum atomic E-state index is 0.686. The van der Waals surface area contributed by atoms with Crippen molar-refractivity contribution in [3.8, 4) is 0 Å². The van der Waals surface area contributed by atoms with Crippen LogP contribution in [0.15, 0.2) is 24.8 Å². The molecule has 0 atom stereocenters. The molecule has 2 rings (SSSR count). The van der Waals surface area contributed by atoms with Gasteiger partial charge in [-0.25, -0.2) is 4.52 Å². The number of rotatable bonds is 5. The Morgan fingerprint density at radius 3 is 3.06 bits per heavy atom. The lowest BCUT2D eigenvalue weighted by Gasteiger charge is -2.18. The van der Waals surface area contributed by atoms with Gasteiger partial charge in [-0.05, 0) is 6.54 Å². The van der Waals surface area contributed by atoms with Gasteiger partial charge in [0.2, 0.25) is 0 Å². The van der Waals surface area contributed by atoms with Crippen molar-refractivity contribution in [3.63, 3.8) is 0 Å². The molecular weight excluding hydrogens is 202 g/mol. The van der Waals surface area contributed by atoms with E-state index in [0.717, 1.165) is 25.2 Å². The van der Waals surface area contributed by atoms with Gasteiger partial charge in [0, 0.05) is 37.6 Å². The van der Waals surface area contributed by atoms with E-state index in [2.05, 4.69) is 21.9 Å². The molecule has 5 heteroatoms. The molecule has 0 aliphatic rings. The molecule has 86 valence electrons. The molecule has 0 unspecified atom stereocenters. The summed E-state index contributed by atoms with van der Waals surface area (Å²) in [5, 5.41) is 4.28. The fourth-order valence-corrected chi connectivity index (χ4v) is 1.78. The molecule has 0 aliphatic carbocycles. The van der Waals surface area contributed by atoms with Gasteiger partial charge < -0.3 is 5.73 Å². The molecule has 2 heterocycles. The highest BCUT2D eigenvalue weighted by molar-refractivity contribution is 5.51. The van der Waals surface area contributed by atoms with Gasteiger partial charge in [-0.1, -0.05) is 6.92 Å². The molecule has 2 N–H and O–H groups in total. The largest absolute Gasteiger partial charge is 0.329 e. The summed E-state index contributed by atoms with van der Waals surface area (Å²) in [5.41, 5.74) is 7.84. The SMILES string of the molecule is CCN(CCN)Cc1cnn2ccncc12. The van der Waals surface area contributed by atoms with E-state index in [0.29, 0.717) is 6.54 Å². The van der Waals surface area contributed by atoms with Crippen LogP contribution in [0.5, 0.6) is 0 Å². The normalized spacial score (nSPS) is 11.4. The van der Waals surface area contributed by atoms with Crippen LogP contribution in [0.3, 0.4) is 0 Å². The van der Waals surface area contributed by atoms with Crippen LogP contribution in [0, 0.1) is 0 Å². The topological polar surface area (TPSA) is 59.5 Å². The summed E-state index contributed by atoms with van der Waals surface area (Å²) in [7, 11) is 0. The summed E-state index contributed by atoms with van der Waals surface area (Å²) in [6.07, 6.45) is 7.34. The third-order valence-electron chi connectivity index (χ3n) is 2.69. The third kappa shape index (κ3) is 2.20. The molecule has 0 spiro atoms. The highest BCUT2D eigenvalue weighted by Crippen LogP contribution is 2.11. The Bertz CT molecular complexity index is 450. The first kappa shape index (κ1) is 11.0. The van der Waals surface area contributed by atoms with E-state index in [-0.39, 0.29) is 0 Å². The standard InChI is InChI=1S/C11H17N5/c1-2-15(5-3-12)9-10-7-14-16-6-4-13-8-11(10)16/h4,6-8H,2-3,5,9,12H2,1H3. The van der Waals surface area contributed by atoms with Crippen molar-refractivity contribution < 1.29 is 0 Å². The Morgan fingerprint density at radius 1 is 1.44 bits per heavy atom. The Balaban J connectivity index is 2.20. The predicted octanol–water partition coefficient (Wildman–Crippen LogP) is 0.510. The van der Waals surface area contributed by atoms with Crippen LogP contribution in [0.2, 0.25) is 0 Å². The van der Waals surface area contributed by atoms with Crippen molar-refractivity contribution >= 4 is 5.52 Å². The number of hydrogen-bond acceptors (Lipinski definition) is 4. The van der Waals surface area contributed by atoms with Crippen molar-refractivity contribution in [1.29, 1.82) is 0 Å². The molecule has 0 saturated heterocycles. The Hall–Kier alpha value is -1.46. The number of fused-ring (bicyclic) bond motifs is 1. The predicted molar refractivity (Wildman–Crippen MR) is 63.0 cm³/mol. The molecule has 2 aromatic rings. The molecule has 0 aliphatic heterocycles. The van der Waals surface area contributed by atoms with E-state index in [1.807, 2.05) is 23.1 Å². The Labute approximate surface area is 94.9 Å². The summed E-state index contributed by atoms with van der Waals surface area (Å²) >= 11 is 0. The maximum absolute atomic E-state index is 5.57. The van der Waals surface area contributed by atoms with Crippen LogP contribution in [0.4, 0.5) is 0 Å². The van der Waals surface area contributed by atoms with E-state index in [1.165, 1.54) is 5.56 Å². The monoisotopic (exact) mass is 219 g/mol. The molecule has 2 aromatic heterocycles. The second kappa shape index (κ2) is 5.05. The van der Waals surface area contributed by atoms with Crippen molar-refractivity contribution in [1.82, 2.24) is 19.5 Å². The van der Waals surface area contributed by atoms with Crippen molar-refractivity contribution in [3.05, 3.63) is 30.4 Å². The molecule has 16 heavy (non-hydrogen) atoms. The third-order valence-corrected chi connectivity index (χ3v) is 2.69. The quantitative estimate of drug-likeness (QED) is 0.796. The van der Waals surface area contributed by atoms with Gasteiger partial charge in [-0.2, -0.15) is 5.10 Å². The van der Waals surface area contributed by atoms with Crippen LogP contribution >= 0.6 is 0 Å². The smallest absolute Gasteiger partial charge is 0.0889 e. The van der Waals surface area contributed by atoms with E-state index in [9.17, 15) is 0 Å². The van der Waals surface area contributed by atoms with E-state index >= 15 is 0 Å². The van der Waals surface area contributed by atoms with E-state index in [4.69, 9.17) is 5.73 Å². The zero-order valence-corrected chi connectivity index (χ0v) is 9.50. The first-order valence-electron chi connectivity index (χ1n) is 5.53. The summed E-state index contributed by atoms with van der Waals surface area (Å²) in [5.74, 6) is 0. The van der Waals surface area contributed by atoms with Gasteiger partial charge in [0.05, 0.1) is 17.9 Å². The lowest BCUT2D eigenvalue weighted by Crippen LogP contribution is -2.28. The first-order valence-corrected chi connectivity index (χ1v) is 5.53. The van der Waals surface area contributed by atoms with Crippen LogP contribution in [0.25, 0.3) is 5.52 Å². The maximum atomic E-state index is 5.57. The zero-order chi connectivity index (χ0) is 11.4. The van der Waals surface area contributed by atoms with Crippen molar-refractivity contribution in [2.75, 3.05) is 19.6 Å². The molecule has 0 amide bonds. The van der Waals surface area contributed by atoms with Crippen LogP contribution in [-0.4, -0.2) is 39.1 Å². The van der Waals surface area contributed by atoms with Crippen molar-refractivity contribution in [2.24, 2.45) is 5.73 Å². The Kier molecular flexibility index (Phi) is 3.48. The average molecular weight is 219 g/mol. The summed E-state index contributed by atoms with van der Waals surface area (Å²) in [6.45, 7) is 5.61. The van der Waals surface area contributed by atoms with Crippen LogP contribution < -0.4 is 5.73 Å². The van der Waals surface area contributed by atoms with Gasteiger partial charge in [0.1, 0.15) is 0 Å². The van der Waals surface area contributed by atoms with Gasteiger partial charge in [0.25, 0.3) is 0 Å². The van der Waals surface area contributed by atoms with Crippen molar-refractivity contribution in [2.45, 2.75) is 13.5 Å². The van der Waals surface area contributed by atoms with Gasteiger partial charge in [-0.15, -0.1) is 0 Å². The number of nitrogens with two attached hydrogens (primary N) is 1. The molecule has 0 fully saturated rings. The minimum Gasteiger partial charge on any atom is -0.329 e.